The van der Waals surface area contributed by atoms with Crippen molar-refractivity contribution in [1.29, 1.82) is 0 Å². The van der Waals surface area contributed by atoms with E-state index in [9.17, 15) is 18.8 Å². The molecule has 0 saturated carbocycles. The molecule has 1 fully saturated rings. The van der Waals surface area contributed by atoms with E-state index in [2.05, 4.69) is 20.4 Å². The lowest BCUT2D eigenvalue weighted by Crippen LogP contribution is -2.52. The van der Waals surface area contributed by atoms with E-state index >= 15 is 0 Å². The van der Waals surface area contributed by atoms with Crippen LogP contribution in [0.25, 0.3) is 22.3 Å². The van der Waals surface area contributed by atoms with Crippen LogP contribution in [0.2, 0.25) is 0 Å². The molecule has 2 amide bonds. The summed E-state index contributed by atoms with van der Waals surface area (Å²) < 4.78 is 20.1. The maximum Gasteiger partial charge on any atom is 0.321 e. The Bertz CT molecular complexity index is 1470. The van der Waals surface area contributed by atoms with Crippen molar-refractivity contribution in [3.63, 3.8) is 0 Å². The fraction of sp³-hybridized carbons (Fsp3) is 0.269. The van der Waals surface area contributed by atoms with E-state index in [0.717, 1.165) is 0 Å². The van der Waals surface area contributed by atoms with Gasteiger partial charge in [-0.2, -0.15) is 4.98 Å². The number of carbonyl (C=O) groups is 3. The second-order valence-corrected chi connectivity index (χ2v) is 9.05. The summed E-state index contributed by atoms with van der Waals surface area (Å²) >= 11 is 0. The summed E-state index contributed by atoms with van der Waals surface area (Å²) in [6.45, 7) is 4.83. The van der Waals surface area contributed by atoms with E-state index in [1.807, 2.05) is 19.9 Å². The Labute approximate surface area is 211 Å². The Balaban J connectivity index is 1.34. The fourth-order valence-corrected chi connectivity index (χ4v) is 4.35. The van der Waals surface area contributed by atoms with Crippen molar-refractivity contribution in [3.8, 4) is 11.4 Å². The lowest BCUT2D eigenvalue weighted by atomic mass is 10.0. The molecule has 0 aliphatic carbocycles. The zero-order valence-electron chi connectivity index (χ0n) is 20.3. The number of ketones is 1. The summed E-state index contributed by atoms with van der Waals surface area (Å²) in [5.74, 6) is -2.16. The number of piperazine rings is 1. The number of aromatic amines is 1. The van der Waals surface area contributed by atoms with Crippen LogP contribution in [0.3, 0.4) is 0 Å². The van der Waals surface area contributed by atoms with Gasteiger partial charge >= 0.3 is 6.01 Å². The van der Waals surface area contributed by atoms with Crippen molar-refractivity contribution in [1.82, 2.24) is 24.9 Å². The average Bonchev–Trinajstić information content (AvgIpc) is 3.56. The highest BCUT2D eigenvalue weighted by atomic mass is 19.1. The Kier molecular flexibility index (Phi) is 6.43. The molecule has 1 aliphatic heterocycles. The van der Waals surface area contributed by atoms with Gasteiger partial charge in [-0.25, -0.2) is 4.39 Å². The number of nitrogens with zero attached hydrogens (tertiary/aromatic N) is 4. The van der Waals surface area contributed by atoms with Crippen LogP contribution in [-0.4, -0.2) is 74.7 Å². The van der Waals surface area contributed by atoms with Crippen LogP contribution in [0.4, 0.5) is 10.4 Å². The summed E-state index contributed by atoms with van der Waals surface area (Å²) in [4.78, 5) is 49.1. The van der Waals surface area contributed by atoms with Gasteiger partial charge in [0, 0.05) is 54.9 Å². The van der Waals surface area contributed by atoms with Gasteiger partial charge in [-0.05, 0) is 38.1 Å². The molecule has 10 nitrogen and oxygen atoms in total. The lowest BCUT2D eigenvalue weighted by molar-refractivity contribution is -0.127. The molecule has 5 rings (SSSR count). The number of aromatic nitrogens is 3. The molecular weight excluding hydrogens is 479 g/mol. The molecule has 1 saturated heterocycles. The van der Waals surface area contributed by atoms with Gasteiger partial charge in [-0.1, -0.05) is 23.4 Å². The molecule has 4 aromatic rings. The van der Waals surface area contributed by atoms with Crippen molar-refractivity contribution in [3.05, 3.63) is 65.6 Å². The second kappa shape index (κ2) is 9.84. The average molecular weight is 505 g/mol. The zero-order valence-corrected chi connectivity index (χ0v) is 20.3. The maximum absolute atomic E-state index is 14.9. The van der Waals surface area contributed by atoms with Gasteiger partial charge in [-0.15, -0.1) is 0 Å². The van der Waals surface area contributed by atoms with E-state index in [0.29, 0.717) is 24.2 Å². The number of carbonyl (C=O) groups excluding carboxylic acids is 3. The smallest absolute Gasteiger partial charge is 0.321 e. The van der Waals surface area contributed by atoms with Crippen LogP contribution in [-0.2, 0) is 4.79 Å². The largest absolute Gasteiger partial charge is 0.360 e. The second-order valence-electron chi connectivity index (χ2n) is 9.05. The highest BCUT2D eigenvalue weighted by Crippen LogP contribution is 2.31. The molecule has 0 radical (unpaired) electrons. The number of Topliss-reactive ketones (excluding diaryl/α,β-unsaturated/α-hetero) is 1. The minimum absolute atomic E-state index is 0.0167. The van der Waals surface area contributed by atoms with Gasteiger partial charge in [0.15, 0.2) is 0 Å². The third kappa shape index (κ3) is 4.67. The first-order valence-electron chi connectivity index (χ1n) is 11.9. The molecule has 0 unspecified atom stereocenters. The molecule has 11 heteroatoms. The molecular formula is C26H25FN6O4. The van der Waals surface area contributed by atoms with E-state index in [4.69, 9.17) is 4.52 Å². The normalized spacial score (nSPS) is 13.8. The van der Waals surface area contributed by atoms with E-state index in [1.165, 1.54) is 23.2 Å². The highest BCUT2D eigenvalue weighted by molar-refractivity contribution is 6.45. The van der Waals surface area contributed by atoms with Gasteiger partial charge in [0.05, 0.1) is 11.1 Å². The maximum atomic E-state index is 14.9. The van der Waals surface area contributed by atoms with E-state index < -0.39 is 17.5 Å². The number of amides is 2. The summed E-state index contributed by atoms with van der Waals surface area (Å²) in [6, 6.07) is 11.8. The number of halogens is 1. The number of benzene rings is 2. The fourth-order valence-electron chi connectivity index (χ4n) is 4.35. The van der Waals surface area contributed by atoms with Crippen LogP contribution in [0.1, 0.15) is 34.6 Å². The molecule has 190 valence electrons. The van der Waals surface area contributed by atoms with Crippen LogP contribution in [0.15, 0.2) is 53.2 Å². The third-order valence-electron chi connectivity index (χ3n) is 6.18. The summed E-state index contributed by atoms with van der Waals surface area (Å²) in [5, 5.41) is 6.92. The molecule has 3 heterocycles. The quantitative estimate of drug-likeness (QED) is 0.305. The van der Waals surface area contributed by atoms with Crippen molar-refractivity contribution < 1.29 is 23.3 Å². The van der Waals surface area contributed by atoms with Crippen molar-refractivity contribution in [2.45, 2.75) is 19.9 Å². The molecule has 0 spiro atoms. The zero-order chi connectivity index (χ0) is 26.1. The number of fused-ring (bicyclic) bond motifs is 1. The Morgan fingerprint density at radius 2 is 1.73 bits per heavy atom. The molecule has 2 aromatic heterocycles. The molecule has 0 atom stereocenters. The molecule has 37 heavy (non-hydrogen) atoms. The first kappa shape index (κ1) is 24.2. The lowest BCUT2D eigenvalue weighted by Gasteiger charge is -2.34. The van der Waals surface area contributed by atoms with Crippen molar-refractivity contribution in [2.24, 2.45) is 0 Å². The minimum Gasteiger partial charge on any atom is -0.360 e. The summed E-state index contributed by atoms with van der Waals surface area (Å²) in [7, 11) is 0. The Hall–Kier alpha value is -4.54. The topological polar surface area (TPSA) is 124 Å². The number of hydrogen-bond donors (Lipinski definition) is 2. The monoisotopic (exact) mass is 504 g/mol. The van der Waals surface area contributed by atoms with E-state index in [1.54, 1.807) is 29.2 Å². The minimum atomic E-state index is -0.833. The first-order chi connectivity index (χ1) is 17.8. The number of hydrogen-bond acceptors (Lipinski definition) is 7. The van der Waals surface area contributed by atoms with Gasteiger partial charge in [-0.3, -0.25) is 14.4 Å². The standard InChI is InChI=1S/C26H25FN6O4/c1-15(2)29-26-30-23(31-37-26)17-8-9-19(27)20-18(14-28-21(17)20)22(34)25(36)33-12-10-32(11-13-33)24(35)16-6-4-3-5-7-16/h3-9,14-15,28H,10-13H2,1-2H3,(H,29,30,31). The van der Waals surface area contributed by atoms with Crippen molar-refractivity contribution >= 4 is 34.5 Å². The number of anilines is 1. The summed E-state index contributed by atoms with van der Waals surface area (Å²) in [6.07, 6.45) is 1.32. The van der Waals surface area contributed by atoms with Crippen LogP contribution >= 0.6 is 0 Å². The van der Waals surface area contributed by atoms with Crippen LogP contribution in [0, 0.1) is 5.82 Å². The SMILES string of the molecule is CC(C)Nc1nc(-c2ccc(F)c3c(C(=O)C(=O)N4CCN(C(=O)c5ccccc5)CC4)c[nH]c23)no1. The predicted molar refractivity (Wildman–Crippen MR) is 134 cm³/mol. The van der Waals surface area contributed by atoms with Crippen LogP contribution < -0.4 is 5.32 Å². The van der Waals surface area contributed by atoms with Gasteiger partial charge < -0.3 is 24.6 Å². The number of rotatable bonds is 6. The number of H-pyrrole nitrogens is 1. The summed E-state index contributed by atoms with van der Waals surface area (Å²) in [5.41, 5.74) is 1.20. The molecule has 2 N–H and O–H groups in total. The first-order valence-corrected chi connectivity index (χ1v) is 11.9. The van der Waals surface area contributed by atoms with Crippen LogP contribution in [0.5, 0.6) is 0 Å². The van der Waals surface area contributed by atoms with Gasteiger partial charge in [0.1, 0.15) is 5.82 Å². The van der Waals surface area contributed by atoms with Crippen molar-refractivity contribution in [2.75, 3.05) is 31.5 Å². The number of nitrogens with one attached hydrogen (secondary N) is 2. The Morgan fingerprint density at radius 3 is 2.43 bits per heavy atom. The highest BCUT2D eigenvalue weighted by Gasteiger charge is 2.31. The van der Waals surface area contributed by atoms with Gasteiger partial charge in [0.25, 0.3) is 17.6 Å². The Morgan fingerprint density at radius 1 is 1.03 bits per heavy atom. The molecule has 0 bridgehead atoms. The third-order valence-corrected chi connectivity index (χ3v) is 6.18. The van der Waals surface area contributed by atoms with Gasteiger partial charge in [0.2, 0.25) is 5.82 Å². The predicted octanol–water partition coefficient (Wildman–Crippen LogP) is 3.34. The molecule has 1 aliphatic rings. The van der Waals surface area contributed by atoms with E-state index in [-0.39, 0.29) is 53.3 Å². The molecule has 2 aromatic carbocycles.